The van der Waals surface area contributed by atoms with E-state index in [4.69, 9.17) is 4.74 Å². The fourth-order valence-electron chi connectivity index (χ4n) is 3.73. The van der Waals surface area contributed by atoms with Gasteiger partial charge in [0.25, 0.3) is 0 Å². The van der Waals surface area contributed by atoms with Gasteiger partial charge in [-0.2, -0.15) is 0 Å². The van der Waals surface area contributed by atoms with Crippen molar-refractivity contribution in [1.82, 2.24) is 14.8 Å². The van der Waals surface area contributed by atoms with Crippen molar-refractivity contribution in [3.63, 3.8) is 0 Å². The molecule has 3 saturated heterocycles. The van der Waals surface area contributed by atoms with E-state index in [0.29, 0.717) is 6.04 Å². The molecule has 3 aliphatic rings. The summed E-state index contributed by atoms with van der Waals surface area (Å²) in [7, 11) is 0. The van der Waals surface area contributed by atoms with E-state index in [1.165, 1.54) is 38.2 Å². The third-order valence-corrected chi connectivity index (χ3v) is 4.74. The van der Waals surface area contributed by atoms with Crippen LogP contribution in [0, 0.1) is 5.92 Å². The van der Waals surface area contributed by atoms with Crippen molar-refractivity contribution in [1.29, 1.82) is 0 Å². The summed E-state index contributed by atoms with van der Waals surface area (Å²) in [5, 5.41) is 0. The highest BCUT2D eigenvalue weighted by Gasteiger charge is 2.34. The second kappa shape index (κ2) is 7.34. The number of nitrogens with zero attached hydrogens (tertiary/aromatic N) is 3. The zero-order valence-corrected chi connectivity index (χ0v) is 13.1. The summed E-state index contributed by atoms with van der Waals surface area (Å²) in [6, 6.07) is 6.92. The number of rotatable bonds is 6. The maximum absolute atomic E-state index is 5.54. The smallest absolute Gasteiger partial charge is 0.0593 e. The molecule has 4 rings (SSSR count). The maximum atomic E-state index is 5.54. The van der Waals surface area contributed by atoms with Crippen LogP contribution in [0.4, 0.5) is 0 Å². The summed E-state index contributed by atoms with van der Waals surface area (Å²) >= 11 is 0. The van der Waals surface area contributed by atoms with Gasteiger partial charge in [-0.1, -0.05) is 6.07 Å². The first kappa shape index (κ1) is 14.9. The van der Waals surface area contributed by atoms with Gasteiger partial charge in [0, 0.05) is 51.6 Å². The number of pyridine rings is 1. The van der Waals surface area contributed by atoms with E-state index in [1.54, 1.807) is 0 Å². The minimum Gasteiger partial charge on any atom is -0.380 e. The number of hydrogen-bond acceptors (Lipinski definition) is 4. The van der Waals surface area contributed by atoms with E-state index in [9.17, 15) is 0 Å². The Hall–Kier alpha value is -0.970. The van der Waals surface area contributed by atoms with Crippen LogP contribution in [0.3, 0.4) is 0 Å². The van der Waals surface area contributed by atoms with Crippen molar-refractivity contribution in [2.24, 2.45) is 5.92 Å². The van der Waals surface area contributed by atoms with Gasteiger partial charge < -0.3 is 4.74 Å². The fraction of sp³-hybridized carbons (Fsp3) is 0.706. The summed E-state index contributed by atoms with van der Waals surface area (Å²) in [6.45, 7) is 9.50. The molecule has 0 saturated carbocycles. The molecule has 0 radical (unpaired) electrons. The highest BCUT2D eigenvalue weighted by molar-refractivity contribution is 5.04. The molecule has 4 heteroatoms. The molecule has 1 aromatic heterocycles. The van der Waals surface area contributed by atoms with Crippen LogP contribution in [-0.2, 0) is 11.3 Å². The van der Waals surface area contributed by atoms with Crippen LogP contribution in [0.25, 0.3) is 0 Å². The number of fused-ring (bicyclic) bond motifs is 4. The first-order chi connectivity index (χ1) is 10.3. The summed E-state index contributed by atoms with van der Waals surface area (Å²) in [5.41, 5.74) is 1.19. The molecule has 116 valence electrons. The molecule has 2 atom stereocenters. The van der Waals surface area contributed by atoms with Gasteiger partial charge in [-0.15, -0.1) is 0 Å². The van der Waals surface area contributed by atoms with E-state index in [0.717, 1.165) is 32.2 Å². The molecule has 2 bridgehead atoms. The Morgan fingerprint density at radius 3 is 3.00 bits per heavy atom. The fourth-order valence-corrected chi connectivity index (χ4v) is 3.73. The van der Waals surface area contributed by atoms with Gasteiger partial charge in [-0.25, -0.2) is 0 Å². The molecule has 3 aliphatic heterocycles. The summed E-state index contributed by atoms with van der Waals surface area (Å²) < 4.78 is 5.54. The first-order valence-corrected chi connectivity index (χ1v) is 8.29. The van der Waals surface area contributed by atoms with Crippen LogP contribution in [-0.4, -0.2) is 60.2 Å². The lowest BCUT2D eigenvalue weighted by Crippen LogP contribution is -2.45. The van der Waals surface area contributed by atoms with Gasteiger partial charge in [0.05, 0.1) is 12.3 Å². The van der Waals surface area contributed by atoms with Gasteiger partial charge in [-0.3, -0.25) is 14.8 Å². The van der Waals surface area contributed by atoms with Crippen LogP contribution in [0.5, 0.6) is 0 Å². The van der Waals surface area contributed by atoms with E-state index < -0.39 is 0 Å². The SMILES string of the molecule is CCOCCN1C[C@@H]2CC[C@H]1CN(Cc1ccccn1)C2. The molecule has 4 heterocycles. The van der Waals surface area contributed by atoms with Crippen LogP contribution in [0.15, 0.2) is 24.4 Å². The molecule has 0 N–H and O–H groups in total. The van der Waals surface area contributed by atoms with Crippen molar-refractivity contribution in [3.8, 4) is 0 Å². The Balaban J connectivity index is 1.58. The van der Waals surface area contributed by atoms with Crippen LogP contribution in [0.2, 0.25) is 0 Å². The Labute approximate surface area is 128 Å². The minimum atomic E-state index is 0.702. The molecule has 1 aromatic rings. The monoisotopic (exact) mass is 289 g/mol. The zero-order valence-electron chi connectivity index (χ0n) is 13.1. The maximum Gasteiger partial charge on any atom is 0.0593 e. The summed E-state index contributed by atoms with van der Waals surface area (Å²) in [4.78, 5) is 9.74. The van der Waals surface area contributed by atoms with Crippen molar-refractivity contribution in [2.75, 3.05) is 39.4 Å². The summed E-state index contributed by atoms with van der Waals surface area (Å²) in [6.07, 6.45) is 4.63. The average molecular weight is 289 g/mol. The molecule has 0 unspecified atom stereocenters. The zero-order chi connectivity index (χ0) is 14.5. The van der Waals surface area contributed by atoms with Crippen molar-refractivity contribution in [3.05, 3.63) is 30.1 Å². The lowest BCUT2D eigenvalue weighted by Gasteiger charge is -2.36. The van der Waals surface area contributed by atoms with E-state index in [1.807, 2.05) is 12.3 Å². The Morgan fingerprint density at radius 1 is 1.24 bits per heavy atom. The van der Waals surface area contributed by atoms with Gasteiger partial charge in [0.2, 0.25) is 0 Å². The topological polar surface area (TPSA) is 28.6 Å². The largest absolute Gasteiger partial charge is 0.380 e. The highest BCUT2D eigenvalue weighted by atomic mass is 16.5. The third-order valence-electron chi connectivity index (χ3n) is 4.74. The lowest BCUT2D eigenvalue weighted by atomic mass is 9.95. The number of hydrogen-bond donors (Lipinski definition) is 0. The Bertz CT molecular complexity index is 425. The van der Waals surface area contributed by atoms with Crippen molar-refractivity contribution < 1.29 is 4.74 Å². The molecular weight excluding hydrogens is 262 g/mol. The molecule has 0 aliphatic carbocycles. The van der Waals surface area contributed by atoms with E-state index >= 15 is 0 Å². The predicted octanol–water partition coefficient (Wildman–Crippen LogP) is 2.01. The van der Waals surface area contributed by atoms with Gasteiger partial charge >= 0.3 is 0 Å². The Kier molecular flexibility index (Phi) is 5.22. The second-order valence-corrected chi connectivity index (χ2v) is 6.30. The van der Waals surface area contributed by atoms with Gasteiger partial charge in [0.15, 0.2) is 0 Å². The van der Waals surface area contributed by atoms with Gasteiger partial charge in [0.1, 0.15) is 0 Å². The molecule has 0 amide bonds. The van der Waals surface area contributed by atoms with Crippen LogP contribution in [0.1, 0.15) is 25.5 Å². The van der Waals surface area contributed by atoms with Crippen LogP contribution >= 0.6 is 0 Å². The normalized spacial score (nSPS) is 26.9. The summed E-state index contributed by atoms with van der Waals surface area (Å²) in [5.74, 6) is 0.814. The van der Waals surface area contributed by atoms with Gasteiger partial charge in [-0.05, 0) is 37.8 Å². The predicted molar refractivity (Wildman–Crippen MR) is 84.1 cm³/mol. The molecule has 21 heavy (non-hydrogen) atoms. The molecule has 0 spiro atoms. The molecule has 3 fully saturated rings. The second-order valence-electron chi connectivity index (χ2n) is 6.30. The molecule has 0 aromatic carbocycles. The number of piperidine rings is 1. The highest BCUT2D eigenvalue weighted by Crippen LogP contribution is 2.28. The number of ether oxygens (including phenoxy) is 1. The quantitative estimate of drug-likeness (QED) is 0.749. The number of aromatic nitrogens is 1. The third kappa shape index (κ3) is 4.02. The Morgan fingerprint density at radius 2 is 2.19 bits per heavy atom. The molecule has 4 nitrogen and oxygen atoms in total. The van der Waals surface area contributed by atoms with Crippen molar-refractivity contribution >= 4 is 0 Å². The van der Waals surface area contributed by atoms with Crippen molar-refractivity contribution in [2.45, 2.75) is 32.4 Å². The lowest BCUT2D eigenvalue weighted by molar-refractivity contribution is 0.0704. The average Bonchev–Trinajstić information content (AvgIpc) is 2.79. The van der Waals surface area contributed by atoms with E-state index in [-0.39, 0.29) is 0 Å². The first-order valence-electron chi connectivity index (χ1n) is 8.29. The van der Waals surface area contributed by atoms with Crippen LogP contribution < -0.4 is 0 Å². The standard InChI is InChI=1S/C17H27N3O/c1-2-21-10-9-20-12-15-6-7-17(20)14-19(11-15)13-16-5-3-4-8-18-16/h3-5,8,15,17H,2,6-7,9-14H2,1H3/t15-,17+/m1/s1. The van der Waals surface area contributed by atoms with E-state index in [2.05, 4.69) is 33.8 Å². The molecular formula is C17H27N3O. The minimum absolute atomic E-state index is 0.702.